The van der Waals surface area contributed by atoms with Crippen molar-refractivity contribution in [3.8, 4) is 0 Å². The summed E-state index contributed by atoms with van der Waals surface area (Å²) >= 11 is 0. The summed E-state index contributed by atoms with van der Waals surface area (Å²) in [4.78, 5) is 6.29. The molecule has 0 aliphatic rings. The van der Waals surface area contributed by atoms with Crippen molar-refractivity contribution in [3.05, 3.63) is 18.2 Å². The van der Waals surface area contributed by atoms with Crippen LogP contribution in [0.4, 0.5) is 0 Å². The maximum absolute atomic E-state index is 8.92. The van der Waals surface area contributed by atoms with Crippen molar-refractivity contribution in [2.24, 2.45) is 7.05 Å². The molecule has 0 fully saturated rings. The Morgan fingerprint density at radius 1 is 1.57 bits per heavy atom. The number of nitrogens with zero attached hydrogens (tertiary/aromatic N) is 3. The Morgan fingerprint density at radius 3 is 2.71 bits per heavy atom. The first-order valence-corrected chi connectivity index (χ1v) is 4.95. The Balaban J connectivity index is 2.60. The van der Waals surface area contributed by atoms with Crippen LogP contribution < -0.4 is 0 Å². The number of aromatic nitrogens is 2. The van der Waals surface area contributed by atoms with Gasteiger partial charge < -0.3 is 9.67 Å². The standard InChI is InChI=1S/C10H19N3O/c1-9(2)13(4-5-14)7-10-6-11-8-12(10)3/h6,8-9,14H,4-5,7H2,1-3H3. The number of imidazole rings is 1. The first-order chi connectivity index (χ1) is 6.65. The predicted molar refractivity (Wildman–Crippen MR) is 55.8 cm³/mol. The topological polar surface area (TPSA) is 41.3 Å². The number of hydrogen-bond acceptors (Lipinski definition) is 3. The van der Waals surface area contributed by atoms with Gasteiger partial charge in [-0.05, 0) is 13.8 Å². The molecule has 0 aliphatic heterocycles. The maximum atomic E-state index is 8.92. The van der Waals surface area contributed by atoms with Gasteiger partial charge in [0.15, 0.2) is 0 Å². The van der Waals surface area contributed by atoms with E-state index < -0.39 is 0 Å². The molecule has 1 rings (SSSR count). The summed E-state index contributed by atoms with van der Waals surface area (Å²) in [5, 5.41) is 8.92. The lowest BCUT2D eigenvalue weighted by Crippen LogP contribution is -2.33. The van der Waals surface area contributed by atoms with Gasteiger partial charge in [0, 0.05) is 32.4 Å². The van der Waals surface area contributed by atoms with Gasteiger partial charge in [-0.1, -0.05) is 0 Å². The van der Waals surface area contributed by atoms with E-state index in [-0.39, 0.29) is 6.61 Å². The van der Waals surface area contributed by atoms with Crippen LogP contribution in [0.15, 0.2) is 12.5 Å². The molecule has 0 aromatic carbocycles. The first-order valence-electron chi connectivity index (χ1n) is 4.95. The van der Waals surface area contributed by atoms with Crippen molar-refractivity contribution in [1.29, 1.82) is 0 Å². The third-order valence-electron chi connectivity index (χ3n) is 2.40. The highest BCUT2D eigenvalue weighted by Crippen LogP contribution is 2.06. The quantitative estimate of drug-likeness (QED) is 0.752. The zero-order valence-corrected chi connectivity index (χ0v) is 9.14. The molecule has 0 amide bonds. The van der Waals surface area contributed by atoms with Gasteiger partial charge >= 0.3 is 0 Å². The van der Waals surface area contributed by atoms with Crippen LogP contribution in [0.2, 0.25) is 0 Å². The summed E-state index contributed by atoms with van der Waals surface area (Å²) in [5.74, 6) is 0. The Kier molecular flexibility index (Phi) is 4.10. The smallest absolute Gasteiger partial charge is 0.0945 e. The maximum Gasteiger partial charge on any atom is 0.0945 e. The van der Waals surface area contributed by atoms with Crippen LogP contribution in [0.25, 0.3) is 0 Å². The fourth-order valence-corrected chi connectivity index (χ4v) is 1.39. The van der Waals surface area contributed by atoms with Crippen LogP contribution in [0, 0.1) is 0 Å². The van der Waals surface area contributed by atoms with Gasteiger partial charge in [-0.3, -0.25) is 4.90 Å². The highest BCUT2D eigenvalue weighted by atomic mass is 16.3. The van der Waals surface area contributed by atoms with Gasteiger partial charge in [0.1, 0.15) is 0 Å². The van der Waals surface area contributed by atoms with Crippen LogP contribution >= 0.6 is 0 Å². The van der Waals surface area contributed by atoms with E-state index in [4.69, 9.17) is 5.11 Å². The number of aliphatic hydroxyl groups is 1. The molecule has 1 aromatic rings. The number of rotatable bonds is 5. The van der Waals surface area contributed by atoms with Crippen LogP contribution in [0.3, 0.4) is 0 Å². The average molecular weight is 197 g/mol. The Hall–Kier alpha value is -0.870. The average Bonchev–Trinajstić information content (AvgIpc) is 2.51. The summed E-state index contributed by atoms with van der Waals surface area (Å²) in [5.41, 5.74) is 1.17. The van der Waals surface area contributed by atoms with E-state index in [9.17, 15) is 0 Å². The van der Waals surface area contributed by atoms with Gasteiger partial charge in [-0.25, -0.2) is 4.98 Å². The van der Waals surface area contributed by atoms with Crippen molar-refractivity contribution in [3.63, 3.8) is 0 Å². The summed E-state index contributed by atoms with van der Waals surface area (Å²) in [6, 6.07) is 0.442. The number of hydrogen-bond donors (Lipinski definition) is 1. The predicted octanol–water partition coefficient (Wildman–Crippen LogP) is 0.623. The Bertz CT molecular complexity index is 270. The molecule has 80 valence electrons. The van der Waals surface area contributed by atoms with E-state index in [1.165, 1.54) is 5.69 Å². The summed E-state index contributed by atoms with van der Waals surface area (Å²) in [6.07, 6.45) is 3.67. The molecule has 0 saturated carbocycles. The molecule has 0 aliphatic carbocycles. The molecule has 0 bridgehead atoms. The monoisotopic (exact) mass is 197 g/mol. The minimum Gasteiger partial charge on any atom is -0.395 e. The molecule has 0 saturated heterocycles. The minimum absolute atomic E-state index is 0.204. The molecule has 0 spiro atoms. The van der Waals surface area contributed by atoms with E-state index in [2.05, 4.69) is 23.7 Å². The molecule has 14 heavy (non-hydrogen) atoms. The lowest BCUT2D eigenvalue weighted by Gasteiger charge is -2.25. The third kappa shape index (κ3) is 2.82. The molecular formula is C10H19N3O. The SMILES string of the molecule is CC(C)N(CCO)Cc1cncn1C. The van der Waals surface area contributed by atoms with Crippen LogP contribution in [0.1, 0.15) is 19.5 Å². The largest absolute Gasteiger partial charge is 0.395 e. The second-order valence-corrected chi connectivity index (χ2v) is 3.78. The summed E-state index contributed by atoms with van der Waals surface area (Å²) in [7, 11) is 1.99. The van der Waals surface area contributed by atoms with Crippen LogP contribution in [0.5, 0.6) is 0 Å². The summed E-state index contributed by atoms with van der Waals surface area (Å²) < 4.78 is 2.01. The number of aryl methyl sites for hydroxylation is 1. The highest BCUT2D eigenvalue weighted by Gasteiger charge is 2.10. The first kappa shape index (κ1) is 11.2. The highest BCUT2D eigenvalue weighted by molar-refractivity contribution is 4.97. The van der Waals surface area contributed by atoms with Crippen molar-refractivity contribution in [2.75, 3.05) is 13.2 Å². The normalized spacial score (nSPS) is 11.6. The Labute approximate surface area is 85.2 Å². The van der Waals surface area contributed by atoms with E-state index >= 15 is 0 Å². The summed E-state index contributed by atoms with van der Waals surface area (Å²) in [6.45, 7) is 6.02. The minimum atomic E-state index is 0.204. The van der Waals surface area contributed by atoms with Gasteiger partial charge in [0.05, 0.1) is 18.6 Å². The molecule has 0 radical (unpaired) electrons. The molecule has 1 aromatic heterocycles. The lowest BCUT2D eigenvalue weighted by molar-refractivity contribution is 0.157. The van der Waals surface area contributed by atoms with E-state index in [1.807, 2.05) is 17.8 Å². The number of aliphatic hydroxyl groups excluding tert-OH is 1. The lowest BCUT2D eigenvalue weighted by atomic mass is 10.3. The van der Waals surface area contributed by atoms with E-state index in [1.54, 1.807) is 6.33 Å². The van der Waals surface area contributed by atoms with Crippen LogP contribution in [-0.4, -0.2) is 38.8 Å². The molecule has 4 heteroatoms. The zero-order valence-electron chi connectivity index (χ0n) is 9.14. The van der Waals surface area contributed by atoms with Crippen molar-refractivity contribution in [1.82, 2.24) is 14.5 Å². The molecular weight excluding hydrogens is 178 g/mol. The van der Waals surface area contributed by atoms with Crippen molar-refractivity contribution in [2.45, 2.75) is 26.4 Å². The Morgan fingerprint density at radius 2 is 2.29 bits per heavy atom. The van der Waals surface area contributed by atoms with Gasteiger partial charge in [-0.15, -0.1) is 0 Å². The molecule has 1 heterocycles. The molecule has 1 N–H and O–H groups in total. The second kappa shape index (κ2) is 5.12. The van der Waals surface area contributed by atoms with Gasteiger partial charge in [0.2, 0.25) is 0 Å². The third-order valence-corrected chi connectivity index (χ3v) is 2.40. The molecule has 0 unspecified atom stereocenters. The van der Waals surface area contributed by atoms with E-state index in [0.717, 1.165) is 6.54 Å². The molecule has 0 atom stereocenters. The van der Waals surface area contributed by atoms with Gasteiger partial charge in [-0.2, -0.15) is 0 Å². The van der Waals surface area contributed by atoms with E-state index in [0.29, 0.717) is 12.6 Å². The second-order valence-electron chi connectivity index (χ2n) is 3.78. The van der Waals surface area contributed by atoms with Crippen molar-refractivity contribution >= 4 is 0 Å². The fraction of sp³-hybridized carbons (Fsp3) is 0.700. The fourth-order valence-electron chi connectivity index (χ4n) is 1.39. The van der Waals surface area contributed by atoms with Crippen molar-refractivity contribution < 1.29 is 5.11 Å². The van der Waals surface area contributed by atoms with Gasteiger partial charge in [0.25, 0.3) is 0 Å². The zero-order chi connectivity index (χ0) is 10.6. The van der Waals surface area contributed by atoms with Crippen LogP contribution in [-0.2, 0) is 13.6 Å². The molecule has 4 nitrogen and oxygen atoms in total.